The number of carbonyl (C=O) groups excluding carboxylic acids is 1. The summed E-state index contributed by atoms with van der Waals surface area (Å²) >= 11 is 0. The number of fused-ring (bicyclic) bond motifs is 1. The molecular formula is C12H13F3N2O. The van der Waals surface area contributed by atoms with Gasteiger partial charge in [0.1, 0.15) is 12.6 Å². The van der Waals surface area contributed by atoms with Crippen molar-refractivity contribution in [2.45, 2.75) is 18.6 Å². The Balaban J connectivity index is 2.08. The highest BCUT2D eigenvalue weighted by atomic mass is 19.4. The lowest BCUT2D eigenvalue weighted by Crippen LogP contribution is -2.44. The summed E-state index contributed by atoms with van der Waals surface area (Å²) in [4.78, 5) is 11.7. The predicted molar refractivity (Wildman–Crippen MR) is 60.0 cm³/mol. The van der Waals surface area contributed by atoms with Crippen molar-refractivity contribution in [2.75, 3.05) is 13.1 Å². The predicted octanol–water partition coefficient (Wildman–Crippen LogP) is 1.55. The first-order chi connectivity index (χ1) is 8.47. The van der Waals surface area contributed by atoms with Gasteiger partial charge in [-0.25, -0.2) is 0 Å². The summed E-state index contributed by atoms with van der Waals surface area (Å²) in [5.41, 5.74) is 1.76. The number of nitrogens with one attached hydrogen (secondary N) is 2. The lowest BCUT2D eigenvalue weighted by molar-refractivity contribution is -0.139. The number of carbonyl (C=O) groups is 1. The highest BCUT2D eigenvalue weighted by Crippen LogP contribution is 2.23. The van der Waals surface area contributed by atoms with Crippen LogP contribution in [0.3, 0.4) is 0 Å². The molecule has 6 heteroatoms. The van der Waals surface area contributed by atoms with Crippen molar-refractivity contribution < 1.29 is 18.0 Å². The van der Waals surface area contributed by atoms with Gasteiger partial charge in [0.25, 0.3) is 0 Å². The summed E-state index contributed by atoms with van der Waals surface area (Å²) in [5.74, 6) is -0.639. The van der Waals surface area contributed by atoms with E-state index in [4.69, 9.17) is 0 Å². The van der Waals surface area contributed by atoms with E-state index in [-0.39, 0.29) is 0 Å². The number of benzene rings is 1. The van der Waals surface area contributed by atoms with Gasteiger partial charge in [-0.05, 0) is 17.5 Å². The topological polar surface area (TPSA) is 41.1 Å². The SMILES string of the molecule is O=C(NCC(F)(F)F)C1NCCc2ccccc21. The molecule has 1 aromatic carbocycles. The van der Waals surface area contributed by atoms with Gasteiger partial charge in [0.05, 0.1) is 0 Å². The molecule has 0 saturated carbocycles. The maximum Gasteiger partial charge on any atom is 0.405 e. The van der Waals surface area contributed by atoms with Crippen molar-refractivity contribution in [2.24, 2.45) is 0 Å². The first kappa shape index (κ1) is 12.9. The van der Waals surface area contributed by atoms with E-state index in [1.54, 1.807) is 12.1 Å². The summed E-state index contributed by atoms with van der Waals surface area (Å²) in [6, 6.07) is 6.59. The van der Waals surface area contributed by atoms with Crippen LogP contribution in [0.1, 0.15) is 17.2 Å². The first-order valence-corrected chi connectivity index (χ1v) is 5.63. The third-order valence-electron chi connectivity index (χ3n) is 2.83. The highest BCUT2D eigenvalue weighted by molar-refractivity contribution is 5.84. The summed E-state index contributed by atoms with van der Waals surface area (Å²) in [5, 5.41) is 4.84. The fourth-order valence-corrected chi connectivity index (χ4v) is 2.03. The van der Waals surface area contributed by atoms with E-state index in [2.05, 4.69) is 5.32 Å². The molecule has 1 aliphatic rings. The van der Waals surface area contributed by atoms with Crippen LogP contribution >= 0.6 is 0 Å². The molecule has 1 amide bonds. The van der Waals surface area contributed by atoms with E-state index in [1.165, 1.54) is 0 Å². The third-order valence-corrected chi connectivity index (χ3v) is 2.83. The Labute approximate surface area is 102 Å². The van der Waals surface area contributed by atoms with Gasteiger partial charge >= 0.3 is 6.18 Å². The molecule has 0 fully saturated rings. The average molecular weight is 258 g/mol. The maximum absolute atomic E-state index is 12.0. The highest BCUT2D eigenvalue weighted by Gasteiger charge is 2.31. The monoisotopic (exact) mass is 258 g/mol. The molecule has 0 spiro atoms. The van der Waals surface area contributed by atoms with Crippen LogP contribution in [0.4, 0.5) is 13.2 Å². The van der Waals surface area contributed by atoms with Crippen LogP contribution in [0.2, 0.25) is 0 Å². The molecule has 0 saturated heterocycles. The summed E-state index contributed by atoms with van der Waals surface area (Å²) < 4.78 is 36.1. The van der Waals surface area contributed by atoms with Gasteiger partial charge in [-0.15, -0.1) is 0 Å². The zero-order chi connectivity index (χ0) is 13.2. The Morgan fingerprint density at radius 2 is 2.11 bits per heavy atom. The van der Waals surface area contributed by atoms with Crippen molar-refractivity contribution in [3.05, 3.63) is 35.4 Å². The Kier molecular flexibility index (Phi) is 3.56. The second-order valence-electron chi connectivity index (χ2n) is 4.17. The van der Waals surface area contributed by atoms with Crippen LogP contribution in [0, 0.1) is 0 Å². The molecule has 0 radical (unpaired) electrons. The van der Waals surface area contributed by atoms with Crippen LogP contribution in [-0.4, -0.2) is 25.2 Å². The van der Waals surface area contributed by atoms with Crippen LogP contribution < -0.4 is 10.6 Å². The van der Waals surface area contributed by atoms with E-state index in [1.807, 2.05) is 17.4 Å². The Bertz CT molecular complexity index is 445. The van der Waals surface area contributed by atoms with Gasteiger partial charge in [0, 0.05) is 6.54 Å². The number of alkyl halides is 3. The molecule has 1 aromatic rings. The molecule has 0 bridgehead atoms. The molecule has 2 N–H and O–H groups in total. The molecular weight excluding hydrogens is 245 g/mol. The van der Waals surface area contributed by atoms with E-state index >= 15 is 0 Å². The van der Waals surface area contributed by atoms with Gasteiger partial charge < -0.3 is 10.6 Å². The van der Waals surface area contributed by atoms with Gasteiger partial charge in [0.15, 0.2) is 0 Å². The fourth-order valence-electron chi connectivity index (χ4n) is 2.03. The van der Waals surface area contributed by atoms with E-state index in [0.29, 0.717) is 6.54 Å². The van der Waals surface area contributed by atoms with Gasteiger partial charge in [-0.3, -0.25) is 4.79 Å². The molecule has 0 aliphatic carbocycles. The van der Waals surface area contributed by atoms with Crippen molar-refractivity contribution in [3.8, 4) is 0 Å². The standard InChI is InChI=1S/C12H13F3N2O/c13-12(14,15)7-17-11(18)10-9-4-2-1-3-8(9)5-6-16-10/h1-4,10,16H,5-7H2,(H,17,18). The van der Waals surface area contributed by atoms with Crippen molar-refractivity contribution in [1.82, 2.24) is 10.6 Å². The van der Waals surface area contributed by atoms with E-state index < -0.39 is 24.7 Å². The van der Waals surface area contributed by atoms with Crippen LogP contribution in [0.5, 0.6) is 0 Å². The van der Waals surface area contributed by atoms with Gasteiger partial charge in [-0.1, -0.05) is 24.3 Å². The number of halogens is 3. The fraction of sp³-hybridized carbons (Fsp3) is 0.417. The minimum absolute atomic E-state index is 0.584. The third kappa shape index (κ3) is 3.01. The normalized spacial score (nSPS) is 19.2. The second-order valence-corrected chi connectivity index (χ2v) is 4.17. The van der Waals surface area contributed by atoms with Crippen LogP contribution in [0.15, 0.2) is 24.3 Å². The smallest absolute Gasteiger partial charge is 0.345 e. The average Bonchev–Trinajstić information content (AvgIpc) is 2.34. The molecule has 1 heterocycles. The Morgan fingerprint density at radius 3 is 2.83 bits per heavy atom. The minimum Gasteiger partial charge on any atom is -0.345 e. The molecule has 2 rings (SSSR count). The molecule has 1 aliphatic heterocycles. The molecule has 1 atom stereocenters. The molecule has 0 aromatic heterocycles. The zero-order valence-corrected chi connectivity index (χ0v) is 9.55. The quantitative estimate of drug-likeness (QED) is 0.845. The van der Waals surface area contributed by atoms with Crippen molar-refractivity contribution in [3.63, 3.8) is 0 Å². The van der Waals surface area contributed by atoms with E-state index in [9.17, 15) is 18.0 Å². The molecule has 1 unspecified atom stereocenters. The number of hydrogen-bond donors (Lipinski definition) is 2. The summed E-state index contributed by atoms with van der Waals surface area (Å²) in [6.07, 6.45) is -3.61. The summed E-state index contributed by atoms with van der Waals surface area (Å²) in [7, 11) is 0. The van der Waals surface area contributed by atoms with Crippen molar-refractivity contribution in [1.29, 1.82) is 0 Å². The largest absolute Gasteiger partial charge is 0.405 e. The number of hydrogen-bond acceptors (Lipinski definition) is 2. The molecule has 3 nitrogen and oxygen atoms in total. The Hall–Kier alpha value is -1.56. The number of rotatable bonds is 2. The minimum atomic E-state index is -4.39. The summed E-state index contributed by atoms with van der Waals surface area (Å²) in [6.45, 7) is -0.715. The zero-order valence-electron chi connectivity index (χ0n) is 9.55. The maximum atomic E-state index is 12.0. The lowest BCUT2D eigenvalue weighted by atomic mass is 9.94. The number of amides is 1. The van der Waals surface area contributed by atoms with Crippen LogP contribution in [-0.2, 0) is 11.2 Å². The Morgan fingerprint density at radius 1 is 1.39 bits per heavy atom. The first-order valence-electron chi connectivity index (χ1n) is 5.63. The van der Waals surface area contributed by atoms with Gasteiger partial charge in [0.2, 0.25) is 5.91 Å². The second kappa shape index (κ2) is 4.97. The van der Waals surface area contributed by atoms with E-state index in [0.717, 1.165) is 17.5 Å². The molecule has 18 heavy (non-hydrogen) atoms. The van der Waals surface area contributed by atoms with Crippen molar-refractivity contribution >= 4 is 5.91 Å². The van der Waals surface area contributed by atoms with Gasteiger partial charge in [-0.2, -0.15) is 13.2 Å². The lowest BCUT2D eigenvalue weighted by Gasteiger charge is -2.26. The molecule has 98 valence electrons. The van der Waals surface area contributed by atoms with Crippen LogP contribution in [0.25, 0.3) is 0 Å².